The average molecular weight is 329 g/mol. The third-order valence-corrected chi connectivity index (χ3v) is 4.69. The SMILES string of the molecule is CC#Cc1ccc(C(N)=O)c2c1cnn2Cc1ccc(C2CC2)cc1. The first-order valence-electron chi connectivity index (χ1n) is 8.47. The summed E-state index contributed by atoms with van der Waals surface area (Å²) in [5.41, 5.74) is 10.2. The van der Waals surface area contributed by atoms with Crippen LogP contribution in [0.25, 0.3) is 10.9 Å². The fraction of sp³-hybridized carbons (Fsp3) is 0.238. The molecule has 124 valence electrons. The third kappa shape index (κ3) is 2.89. The quantitative estimate of drug-likeness (QED) is 0.745. The second kappa shape index (κ2) is 6.10. The highest BCUT2D eigenvalue weighted by atomic mass is 16.1. The molecule has 0 radical (unpaired) electrons. The van der Waals surface area contributed by atoms with E-state index in [-0.39, 0.29) is 0 Å². The van der Waals surface area contributed by atoms with Gasteiger partial charge in [0.15, 0.2) is 0 Å². The predicted octanol–water partition coefficient (Wildman–Crippen LogP) is 3.43. The Labute approximate surface area is 146 Å². The summed E-state index contributed by atoms with van der Waals surface area (Å²) < 4.78 is 1.84. The number of primary amides is 1. The van der Waals surface area contributed by atoms with Gasteiger partial charge < -0.3 is 5.73 Å². The van der Waals surface area contributed by atoms with Crippen molar-refractivity contribution in [1.29, 1.82) is 0 Å². The van der Waals surface area contributed by atoms with Gasteiger partial charge in [-0.2, -0.15) is 5.10 Å². The van der Waals surface area contributed by atoms with Gasteiger partial charge in [-0.15, -0.1) is 5.92 Å². The van der Waals surface area contributed by atoms with E-state index in [1.165, 1.54) is 18.4 Å². The molecule has 25 heavy (non-hydrogen) atoms. The van der Waals surface area contributed by atoms with Crippen molar-refractivity contribution in [2.45, 2.75) is 32.2 Å². The van der Waals surface area contributed by atoms with Gasteiger partial charge in [-0.25, -0.2) is 0 Å². The molecule has 4 rings (SSSR count). The minimum atomic E-state index is -0.452. The topological polar surface area (TPSA) is 60.9 Å². The summed E-state index contributed by atoms with van der Waals surface area (Å²) in [6, 6.07) is 12.2. The van der Waals surface area contributed by atoms with Crippen molar-refractivity contribution in [2.75, 3.05) is 0 Å². The van der Waals surface area contributed by atoms with Gasteiger partial charge in [0.2, 0.25) is 0 Å². The zero-order valence-corrected chi connectivity index (χ0v) is 14.1. The molecular formula is C21H19N3O. The van der Waals surface area contributed by atoms with Crippen LogP contribution in [0.2, 0.25) is 0 Å². The molecule has 0 atom stereocenters. The van der Waals surface area contributed by atoms with Crippen molar-refractivity contribution in [2.24, 2.45) is 5.73 Å². The van der Waals surface area contributed by atoms with Crippen molar-refractivity contribution in [1.82, 2.24) is 9.78 Å². The summed E-state index contributed by atoms with van der Waals surface area (Å²) >= 11 is 0. The average Bonchev–Trinajstić information content (AvgIpc) is 3.38. The van der Waals surface area contributed by atoms with Crippen molar-refractivity contribution in [3.8, 4) is 11.8 Å². The molecule has 1 aliphatic carbocycles. The van der Waals surface area contributed by atoms with E-state index < -0.39 is 5.91 Å². The Morgan fingerprint density at radius 2 is 2.00 bits per heavy atom. The van der Waals surface area contributed by atoms with Crippen LogP contribution in [0.4, 0.5) is 0 Å². The molecule has 1 amide bonds. The number of amides is 1. The Morgan fingerprint density at radius 3 is 2.64 bits per heavy atom. The van der Waals surface area contributed by atoms with Crippen LogP contribution in [0.3, 0.4) is 0 Å². The van der Waals surface area contributed by atoms with Gasteiger partial charge in [-0.3, -0.25) is 9.48 Å². The summed E-state index contributed by atoms with van der Waals surface area (Å²) in [6.07, 6.45) is 4.36. The standard InChI is InChI=1S/C21H19N3O/c1-2-3-17-10-11-18(21(22)25)20-19(17)12-23-24(20)13-14-4-6-15(7-5-14)16-8-9-16/h4-7,10-12,16H,8-9,13H2,1H3,(H2,22,25). The lowest BCUT2D eigenvalue weighted by molar-refractivity contribution is 0.100. The van der Waals surface area contributed by atoms with Gasteiger partial charge in [-0.1, -0.05) is 30.2 Å². The second-order valence-electron chi connectivity index (χ2n) is 6.48. The molecule has 1 aromatic heterocycles. The fourth-order valence-corrected chi connectivity index (χ4v) is 3.25. The van der Waals surface area contributed by atoms with Gasteiger partial charge in [0, 0.05) is 10.9 Å². The number of nitrogens with two attached hydrogens (primary N) is 1. The third-order valence-electron chi connectivity index (χ3n) is 4.69. The van der Waals surface area contributed by atoms with E-state index in [0.29, 0.717) is 12.1 Å². The minimum Gasteiger partial charge on any atom is -0.366 e. The number of carbonyl (C=O) groups is 1. The van der Waals surface area contributed by atoms with Crippen LogP contribution in [0.1, 0.15) is 52.7 Å². The zero-order valence-electron chi connectivity index (χ0n) is 14.1. The number of hydrogen-bond donors (Lipinski definition) is 1. The number of aromatic nitrogens is 2. The summed E-state index contributed by atoms with van der Waals surface area (Å²) in [5.74, 6) is 6.26. The summed E-state index contributed by atoms with van der Waals surface area (Å²) in [7, 11) is 0. The van der Waals surface area contributed by atoms with Crippen LogP contribution in [-0.2, 0) is 6.54 Å². The molecule has 0 saturated heterocycles. The van der Waals surface area contributed by atoms with Gasteiger partial charge in [-0.05, 0) is 48.9 Å². The van der Waals surface area contributed by atoms with Gasteiger partial charge >= 0.3 is 0 Å². The van der Waals surface area contributed by atoms with Crippen LogP contribution in [0.15, 0.2) is 42.6 Å². The van der Waals surface area contributed by atoms with E-state index in [9.17, 15) is 4.79 Å². The van der Waals surface area contributed by atoms with Gasteiger partial charge in [0.1, 0.15) is 0 Å². The molecule has 1 fully saturated rings. The lowest BCUT2D eigenvalue weighted by Crippen LogP contribution is -2.14. The lowest BCUT2D eigenvalue weighted by atomic mass is 10.0. The number of carbonyl (C=O) groups excluding carboxylic acids is 1. The second-order valence-corrected chi connectivity index (χ2v) is 6.48. The van der Waals surface area contributed by atoms with Crippen LogP contribution in [-0.4, -0.2) is 15.7 Å². The van der Waals surface area contributed by atoms with Crippen LogP contribution >= 0.6 is 0 Å². The Balaban J connectivity index is 1.76. The van der Waals surface area contributed by atoms with Crippen molar-refractivity contribution < 1.29 is 4.79 Å². The highest BCUT2D eigenvalue weighted by Crippen LogP contribution is 2.39. The molecule has 1 heterocycles. The molecule has 0 spiro atoms. The normalized spacial score (nSPS) is 13.5. The molecule has 1 saturated carbocycles. The molecular weight excluding hydrogens is 310 g/mol. The van der Waals surface area contributed by atoms with Crippen LogP contribution in [0, 0.1) is 11.8 Å². The van der Waals surface area contributed by atoms with E-state index in [0.717, 1.165) is 27.9 Å². The molecule has 3 aromatic rings. The molecule has 2 N–H and O–H groups in total. The van der Waals surface area contributed by atoms with Crippen molar-refractivity contribution in [3.05, 3.63) is 64.8 Å². The lowest BCUT2D eigenvalue weighted by Gasteiger charge is -2.08. The molecule has 4 nitrogen and oxygen atoms in total. The van der Waals surface area contributed by atoms with Crippen LogP contribution in [0.5, 0.6) is 0 Å². The Morgan fingerprint density at radius 1 is 1.24 bits per heavy atom. The number of fused-ring (bicyclic) bond motifs is 1. The Kier molecular flexibility index (Phi) is 3.77. The van der Waals surface area contributed by atoms with E-state index in [2.05, 4.69) is 41.2 Å². The van der Waals surface area contributed by atoms with Gasteiger partial charge in [0.25, 0.3) is 5.91 Å². The monoisotopic (exact) mass is 329 g/mol. The number of nitrogens with zero attached hydrogens (tertiary/aromatic N) is 2. The van der Waals surface area contributed by atoms with E-state index in [4.69, 9.17) is 5.73 Å². The minimum absolute atomic E-state index is 0.452. The number of hydrogen-bond acceptors (Lipinski definition) is 2. The molecule has 4 heteroatoms. The first-order chi connectivity index (χ1) is 12.2. The number of benzene rings is 2. The molecule has 0 aliphatic heterocycles. The largest absolute Gasteiger partial charge is 0.366 e. The Bertz CT molecular complexity index is 1010. The molecule has 2 aromatic carbocycles. The van der Waals surface area contributed by atoms with Crippen molar-refractivity contribution in [3.63, 3.8) is 0 Å². The molecule has 0 bridgehead atoms. The van der Waals surface area contributed by atoms with E-state index in [1.54, 1.807) is 19.2 Å². The predicted molar refractivity (Wildman–Crippen MR) is 98.3 cm³/mol. The first-order valence-corrected chi connectivity index (χ1v) is 8.47. The van der Waals surface area contributed by atoms with Crippen LogP contribution < -0.4 is 5.73 Å². The number of rotatable bonds is 4. The van der Waals surface area contributed by atoms with E-state index >= 15 is 0 Å². The maximum absolute atomic E-state index is 11.9. The zero-order chi connectivity index (χ0) is 17.4. The van der Waals surface area contributed by atoms with Gasteiger partial charge in [0.05, 0.1) is 23.8 Å². The molecule has 1 aliphatic rings. The maximum atomic E-state index is 11.9. The Hall–Kier alpha value is -3.06. The van der Waals surface area contributed by atoms with Crippen molar-refractivity contribution >= 4 is 16.8 Å². The first kappa shape index (κ1) is 15.5. The summed E-state index contributed by atoms with van der Waals surface area (Å²) in [6.45, 7) is 2.39. The fourth-order valence-electron chi connectivity index (χ4n) is 3.25. The summed E-state index contributed by atoms with van der Waals surface area (Å²) in [5, 5.41) is 5.35. The van der Waals surface area contributed by atoms with E-state index in [1.807, 2.05) is 10.7 Å². The highest BCUT2D eigenvalue weighted by molar-refractivity contribution is 6.06. The smallest absolute Gasteiger partial charge is 0.250 e. The maximum Gasteiger partial charge on any atom is 0.250 e. The molecule has 0 unspecified atom stereocenters. The highest BCUT2D eigenvalue weighted by Gasteiger charge is 2.23. The summed E-state index contributed by atoms with van der Waals surface area (Å²) in [4.78, 5) is 11.9.